The molecule has 28 heavy (non-hydrogen) atoms. The number of hydrogen-bond donors (Lipinski definition) is 0. The second-order valence-corrected chi connectivity index (χ2v) is 8.03. The molecule has 0 spiro atoms. The number of benzene rings is 1. The van der Waals surface area contributed by atoms with E-state index >= 15 is 0 Å². The van der Waals surface area contributed by atoms with E-state index in [-0.39, 0.29) is 11.5 Å². The maximum Gasteiger partial charge on any atom is 0.264 e. The number of ether oxygens (including phenoxy) is 1. The molecule has 0 unspecified atom stereocenters. The van der Waals surface area contributed by atoms with Crippen LogP contribution in [0.2, 0.25) is 0 Å². The van der Waals surface area contributed by atoms with Gasteiger partial charge in [-0.2, -0.15) is 0 Å². The Bertz CT molecular complexity index is 1070. The highest BCUT2D eigenvalue weighted by Gasteiger charge is 2.26. The van der Waals surface area contributed by atoms with Gasteiger partial charge in [-0.05, 0) is 24.5 Å². The Balaban J connectivity index is 1.72. The van der Waals surface area contributed by atoms with E-state index in [9.17, 15) is 9.59 Å². The average molecular weight is 398 g/mol. The maximum atomic E-state index is 13.4. The first-order chi connectivity index (χ1) is 13.6. The van der Waals surface area contributed by atoms with Gasteiger partial charge in [-0.3, -0.25) is 14.2 Å². The van der Waals surface area contributed by atoms with Gasteiger partial charge in [0.2, 0.25) is 0 Å². The van der Waals surface area contributed by atoms with E-state index in [0.29, 0.717) is 41.3 Å². The highest BCUT2D eigenvalue weighted by atomic mass is 32.1. The standard InChI is InChI=1S/C21H23N3O3S/c1-14-17-19(22-16-9-6-10-24(16)20(17)25)28-18(14)21(26)23(11-12-27-2)13-15-7-4-3-5-8-15/h3-5,7-8H,6,9-13H2,1-2H3. The zero-order chi connectivity index (χ0) is 19.7. The molecular formula is C21H23N3O3S. The second-order valence-electron chi connectivity index (χ2n) is 7.03. The molecule has 4 rings (SSSR count). The zero-order valence-electron chi connectivity index (χ0n) is 16.1. The van der Waals surface area contributed by atoms with E-state index in [1.165, 1.54) is 11.3 Å². The zero-order valence-corrected chi connectivity index (χ0v) is 16.9. The summed E-state index contributed by atoms with van der Waals surface area (Å²) in [6.07, 6.45) is 1.77. The molecule has 0 bridgehead atoms. The number of hydrogen-bond acceptors (Lipinski definition) is 5. The summed E-state index contributed by atoms with van der Waals surface area (Å²) in [7, 11) is 1.63. The van der Waals surface area contributed by atoms with E-state index < -0.39 is 0 Å². The fraction of sp³-hybridized carbons (Fsp3) is 0.381. The molecule has 0 saturated carbocycles. The first-order valence-electron chi connectivity index (χ1n) is 9.45. The van der Waals surface area contributed by atoms with Gasteiger partial charge in [0.1, 0.15) is 10.7 Å². The summed E-state index contributed by atoms with van der Waals surface area (Å²) in [5.74, 6) is 0.754. The van der Waals surface area contributed by atoms with Gasteiger partial charge in [0.15, 0.2) is 0 Å². The molecule has 3 heterocycles. The number of aromatic nitrogens is 2. The van der Waals surface area contributed by atoms with Crippen LogP contribution in [0.1, 0.15) is 33.0 Å². The molecular weight excluding hydrogens is 374 g/mol. The van der Waals surface area contributed by atoms with Gasteiger partial charge in [-0.25, -0.2) is 4.98 Å². The monoisotopic (exact) mass is 397 g/mol. The predicted molar refractivity (Wildman–Crippen MR) is 110 cm³/mol. The van der Waals surface area contributed by atoms with Crippen LogP contribution in [0.3, 0.4) is 0 Å². The van der Waals surface area contributed by atoms with Gasteiger partial charge in [0, 0.05) is 33.2 Å². The number of thiophene rings is 1. The van der Waals surface area contributed by atoms with Gasteiger partial charge in [0.05, 0.1) is 16.9 Å². The normalized spacial score (nSPS) is 13.1. The average Bonchev–Trinajstić information content (AvgIpc) is 3.30. The molecule has 0 fully saturated rings. The minimum Gasteiger partial charge on any atom is -0.383 e. The number of methoxy groups -OCH3 is 1. The van der Waals surface area contributed by atoms with Crippen LogP contribution in [0.5, 0.6) is 0 Å². The molecule has 6 nitrogen and oxygen atoms in total. The molecule has 2 aromatic heterocycles. The molecule has 7 heteroatoms. The number of amides is 1. The lowest BCUT2D eigenvalue weighted by Gasteiger charge is -2.22. The summed E-state index contributed by atoms with van der Waals surface area (Å²) >= 11 is 1.33. The minimum absolute atomic E-state index is 0.0169. The summed E-state index contributed by atoms with van der Waals surface area (Å²) in [5.41, 5.74) is 1.78. The maximum absolute atomic E-state index is 13.4. The SMILES string of the molecule is COCCN(Cc1ccccc1)C(=O)c1sc2nc3n(c(=O)c2c1C)CCC3. The van der Waals surface area contributed by atoms with Crippen LogP contribution >= 0.6 is 11.3 Å². The van der Waals surface area contributed by atoms with Crippen molar-refractivity contribution < 1.29 is 9.53 Å². The first-order valence-corrected chi connectivity index (χ1v) is 10.3. The lowest BCUT2D eigenvalue weighted by atomic mass is 10.1. The van der Waals surface area contributed by atoms with Crippen molar-refractivity contribution in [2.24, 2.45) is 0 Å². The Labute approximate surface area is 167 Å². The minimum atomic E-state index is -0.0778. The molecule has 1 aromatic carbocycles. The lowest BCUT2D eigenvalue weighted by molar-refractivity contribution is 0.0684. The fourth-order valence-corrected chi connectivity index (χ4v) is 4.84. The lowest BCUT2D eigenvalue weighted by Crippen LogP contribution is -2.33. The smallest absolute Gasteiger partial charge is 0.264 e. The molecule has 1 amide bonds. The van der Waals surface area contributed by atoms with Crippen molar-refractivity contribution in [2.45, 2.75) is 32.9 Å². The Kier molecular flexibility index (Phi) is 5.28. The predicted octanol–water partition coefficient (Wildman–Crippen LogP) is 3.00. The quantitative estimate of drug-likeness (QED) is 0.641. The van der Waals surface area contributed by atoms with Crippen molar-refractivity contribution in [2.75, 3.05) is 20.3 Å². The Hall–Kier alpha value is -2.51. The van der Waals surface area contributed by atoms with Crippen molar-refractivity contribution >= 4 is 27.5 Å². The van der Waals surface area contributed by atoms with Crippen LogP contribution < -0.4 is 5.56 Å². The molecule has 1 aliphatic rings. The van der Waals surface area contributed by atoms with Crippen LogP contribution in [0.25, 0.3) is 10.2 Å². The van der Waals surface area contributed by atoms with E-state index in [2.05, 4.69) is 4.98 Å². The molecule has 0 N–H and O–H groups in total. The van der Waals surface area contributed by atoms with Gasteiger partial charge >= 0.3 is 0 Å². The molecule has 0 saturated heterocycles. The second kappa shape index (κ2) is 7.85. The van der Waals surface area contributed by atoms with Gasteiger partial charge in [-0.1, -0.05) is 30.3 Å². The number of carbonyl (C=O) groups excluding carboxylic acids is 1. The molecule has 0 atom stereocenters. The number of nitrogens with zero attached hydrogens (tertiary/aromatic N) is 3. The van der Waals surface area contributed by atoms with Crippen molar-refractivity contribution in [3.63, 3.8) is 0 Å². The Morgan fingerprint density at radius 3 is 2.86 bits per heavy atom. The third-order valence-corrected chi connectivity index (χ3v) is 6.35. The van der Waals surface area contributed by atoms with Crippen molar-refractivity contribution in [1.82, 2.24) is 14.5 Å². The van der Waals surface area contributed by atoms with E-state index in [4.69, 9.17) is 4.74 Å². The summed E-state index contributed by atoms with van der Waals surface area (Å²) in [6.45, 7) is 4.01. The summed E-state index contributed by atoms with van der Waals surface area (Å²) in [4.78, 5) is 34.0. The topological polar surface area (TPSA) is 64.4 Å². The van der Waals surface area contributed by atoms with Crippen LogP contribution in [0, 0.1) is 6.92 Å². The number of fused-ring (bicyclic) bond motifs is 2. The fourth-order valence-electron chi connectivity index (χ4n) is 3.68. The molecule has 0 aliphatic carbocycles. The van der Waals surface area contributed by atoms with E-state index in [1.807, 2.05) is 37.3 Å². The van der Waals surface area contributed by atoms with Gasteiger partial charge < -0.3 is 9.64 Å². The van der Waals surface area contributed by atoms with E-state index in [1.54, 1.807) is 16.6 Å². The largest absolute Gasteiger partial charge is 0.383 e. The molecule has 3 aromatic rings. The first kappa shape index (κ1) is 18.8. The van der Waals surface area contributed by atoms with Gasteiger partial charge in [-0.15, -0.1) is 11.3 Å². The Morgan fingerprint density at radius 1 is 1.32 bits per heavy atom. The number of rotatable bonds is 6. The molecule has 146 valence electrons. The molecule has 0 radical (unpaired) electrons. The third kappa shape index (κ3) is 3.36. The molecule has 1 aliphatic heterocycles. The number of aryl methyl sites for hydroxylation is 2. The van der Waals surface area contributed by atoms with Crippen LogP contribution in [0.15, 0.2) is 35.1 Å². The summed E-state index contributed by atoms with van der Waals surface area (Å²) in [5, 5.41) is 0.588. The highest BCUT2D eigenvalue weighted by Crippen LogP contribution is 2.30. The van der Waals surface area contributed by atoms with Crippen LogP contribution in [-0.2, 0) is 24.2 Å². The van der Waals surface area contributed by atoms with Crippen molar-refractivity contribution in [3.8, 4) is 0 Å². The summed E-state index contributed by atoms with van der Waals surface area (Å²) < 4.78 is 6.95. The van der Waals surface area contributed by atoms with Crippen molar-refractivity contribution in [3.05, 3.63) is 62.5 Å². The van der Waals surface area contributed by atoms with E-state index in [0.717, 1.165) is 29.8 Å². The third-order valence-electron chi connectivity index (χ3n) is 5.17. The highest BCUT2D eigenvalue weighted by molar-refractivity contribution is 7.20. The van der Waals surface area contributed by atoms with Gasteiger partial charge in [0.25, 0.3) is 11.5 Å². The summed E-state index contributed by atoms with van der Waals surface area (Å²) in [6, 6.07) is 9.89. The van der Waals surface area contributed by atoms with Crippen LogP contribution in [-0.4, -0.2) is 40.6 Å². The Morgan fingerprint density at radius 2 is 2.11 bits per heavy atom. The van der Waals surface area contributed by atoms with Crippen molar-refractivity contribution in [1.29, 1.82) is 0 Å². The number of carbonyl (C=O) groups is 1. The van der Waals surface area contributed by atoms with Crippen LogP contribution in [0.4, 0.5) is 0 Å².